The van der Waals surface area contributed by atoms with E-state index in [-0.39, 0.29) is 17.0 Å². The Balaban J connectivity index is 1.59. The van der Waals surface area contributed by atoms with Crippen molar-refractivity contribution in [3.8, 4) is 0 Å². The van der Waals surface area contributed by atoms with Gasteiger partial charge in [0, 0.05) is 21.0 Å². The maximum Gasteiger partial charge on any atom is 0.267 e. The molecule has 2 aromatic heterocycles. The number of rotatable bonds is 4. The summed E-state index contributed by atoms with van der Waals surface area (Å²) >= 11 is 7.78. The second-order valence-electron chi connectivity index (χ2n) is 7.34. The molecule has 0 radical (unpaired) electrons. The van der Waals surface area contributed by atoms with Gasteiger partial charge in [0.1, 0.15) is 16.3 Å². The van der Waals surface area contributed by atoms with Gasteiger partial charge in [0.15, 0.2) is 5.76 Å². The van der Waals surface area contributed by atoms with E-state index in [0.717, 1.165) is 15.6 Å². The van der Waals surface area contributed by atoms with Crippen molar-refractivity contribution in [2.45, 2.75) is 6.92 Å². The number of carbonyl (C=O) groups excluding carboxylic acids is 2. The summed E-state index contributed by atoms with van der Waals surface area (Å²) in [4.78, 5) is 26.7. The van der Waals surface area contributed by atoms with E-state index >= 15 is 0 Å². The van der Waals surface area contributed by atoms with Crippen molar-refractivity contribution < 1.29 is 18.4 Å². The summed E-state index contributed by atoms with van der Waals surface area (Å²) in [6, 6.07) is 18.0. The van der Waals surface area contributed by atoms with Gasteiger partial charge in [-0.1, -0.05) is 35.9 Å². The number of aryl methyl sites for hydroxylation is 1. The Morgan fingerprint density at radius 1 is 1.00 bits per heavy atom. The third-order valence-corrected chi connectivity index (χ3v) is 6.79. The van der Waals surface area contributed by atoms with Gasteiger partial charge in [0.05, 0.1) is 10.7 Å². The van der Waals surface area contributed by atoms with Gasteiger partial charge in [0.2, 0.25) is 5.78 Å². The zero-order valence-corrected chi connectivity index (χ0v) is 18.3. The molecule has 0 aliphatic heterocycles. The summed E-state index contributed by atoms with van der Waals surface area (Å²) in [6.07, 6.45) is 0. The van der Waals surface area contributed by atoms with Crippen molar-refractivity contribution in [3.05, 3.63) is 99.3 Å². The standard InChI is InChI=1S/C25H15ClFNO3S/c1-13-6-11-17-19(12-13)32-24(20(17)26)25(30)28-21-16-4-2-3-5-18(16)31-23(21)22(29)14-7-9-15(27)10-8-14/h2-12H,1H3,(H,28,30). The Kier molecular flexibility index (Phi) is 5.04. The lowest BCUT2D eigenvalue weighted by molar-refractivity contribution is 0.101. The topological polar surface area (TPSA) is 59.3 Å². The van der Waals surface area contributed by atoms with Gasteiger partial charge < -0.3 is 9.73 Å². The minimum absolute atomic E-state index is 0.0285. The van der Waals surface area contributed by atoms with Crippen LogP contribution in [0.15, 0.2) is 71.1 Å². The highest BCUT2D eigenvalue weighted by Crippen LogP contribution is 2.38. The molecule has 1 amide bonds. The van der Waals surface area contributed by atoms with Crippen molar-refractivity contribution in [2.24, 2.45) is 0 Å². The monoisotopic (exact) mass is 463 g/mol. The fourth-order valence-electron chi connectivity index (χ4n) is 3.55. The lowest BCUT2D eigenvalue weighted by atomic mass is 10.1. The van der Waals surface area contributed by atoms with Crippen molar-refractivity contribution in [1.82, 2.24) is 0 Å². The van der Waals surface area contributed by atoms with E-state index in [9.17, 15) is 14.0 Å². The van der Waals surface area contributed by atoms with Gasteiger partial charge in [0.25, 0.3) is 5.91 Å². The van der Waals surface area contributed by atoms with Gasteiger partial charge in [-0.15, -0.1) is 11.3 Å². The molecule has 0 saturated carbocycles. The molecular formula is C25H15ClFNO3S. The predicted molar refractivity (Wildman–Crippen MR) is 126 cm³/mol. The Hall–Kier alpha value is -3.48. The van der Waals surface area contributed by atoms with Crippen molar-refractivity contribution in [2.75, 3.05) is 5.32 Å². The number of hydrogen-bond acceptors (Lipinski definition) is 4. The van der Waals surface area contributed by atoms with E-state index < -0.39 is 17.5 Å². The van der Waals surface area contributed by atoms with Crippen LogP contribution in [0.1, 0.15) is 31.4 Å². The van der Waals surface area contributed by atoms with Crippen LogP contribution in [0, 0.1) is 12.7 Å². The molecule has 1 N–H and O–H groups in total. The average molecular weight is 464 g/mol. The highest BCUT2D eigenvalue weighted by molar-refractivity contribution is 7.21. The van der Waals surface area contributed by atoms with Gasteiger partial charge in [-0.2, -0.15) is 0 Å². The lowest BCUT2D eigenvalue weighted by Gasteiger charge is -2.05. The number of thiophene rings is 1. The zero-order chi connectivity index (χ0) is 22.4. The summed E-state index contributed by atoms with van der Waals surface area (Å²) < 4.78 is 20.0. The van der Waals surface area contributed by atoms with Gasteiger partial charge in [-0.25, -0.2) is 4.39 Å². The van der Waals surface area contributed by atoms with E-state index in [1.165, 1.54) is 35.6 Å². The number of benzene rings is 3. The van der Waals surface area contributed by atoms with Crippen LogP contribution in [-0.4, -0.2) is 11.7 Å². The van der Waals surface area contributed by atoms with Gasteiger partial charge >= 0.3 is 0 Å². The fraction of sp³-hybridized carbons (Fsp3) is 0.0400. The van der Waals surface area contributed by atoms with Crippen LogP contribution in [0.2, 0.25) is 5.02 Å². The van der Waals surface area contributed by atoms with Crippen LogP contribution in [-0.2, 0) is 0 Å². The SMILES string of the molecule is Cc1ccc2c(Cl)c(C(=O)Nc3c(C(=O)c4ccc(F)cc4)oc4ccccc34)sc2c1. The van der Waals surface area contributed by atoms with Crippen molar-refractivity contribution in [3.63, 3.8) is 0 Å². The maximum atomic E-state index is 13.3. The summed E-state index contributed by atoms with van der Waals surface area (Å²) in [5.41, 5.74) is 2.02. The smallest absolute Gasteiger partial charge is 0.267 e. The molecule has 158 valence electrons. The summed E-state index contributed by atoms with van der Waals surface area (Å²) in [5.74, 6) is -1.38. The molecule has 3 aromatic carbocycles. The number of para-hydroxylation sites is 1. The molecule has 5 rings (SSSR count). The maximum absolute atomic E-state index is 13.3. The summed E-state index contributed by atoms with van der Waals surface area (Å²) in [7, 11) is 0. The summed E-state index contributed by atoms with van der Waals surface area (Å²) in [6.45, 7) is 1.97. The molecule has 0 fully saturated rings. The Morgan fingerprint density at radius 2 is 1.75 bits per heavy atom. The molecular weight excluding hydrogens is 449 g/mol. The van der Waals surface area contributed by atoms with E-state index in [4.69, 9.17) is 16.0 Å². The molecule has 0 bridgehead atoms. The molecule has 0 unspecified atom stereocenters. The van der Waals surface area contributed by atoms with E-state index in [2.05, 4.69) is 5.32 Å². The highest BCUT2D eigenvalue weighted by atomic mass is 35.5. The number of furan rings is 1. The first-order valence-corrected chi connectivity index (χ1v) is 10.9. The molecule has 0 spiro atoms. The molecule has 4 nitrogen and oxygen atoms in total. The second kappa shape index (κ2) is 7.89. The minimum Gasteiger partial charge on any atom is -0.450 e. The first-order chi connectivity index (χ1) is 15.4. The normalized spacial score (nSPS) is 11.2. The number of fused-ring (bicyclic) bond motifs is 2. The van der Waals surface area contributed by atoms with E-state index in [0.29, 0.717) is 20.9 Å². The molecule has 0 saturated heterocycles. The van der Waals surface area contributed by atoms with Crippen LogP contribution in [0.3, 0.4) is 0 Å². The molecule has 2 heterocycles. The third kappa shape index (κ3) is 3.47. The predicted octanol–water partition coefficient (Wildman–Crippen LogP) is 7.23. The number of ketones is 1. The van der Waals surface area contributed by atoms with Crippen molar-refractivity contribution in [1.29, 1.82) is 0 Å². The number of anilines is 1. The fourth-order valence-corrected chi connectivity index (χ4v) is 5.06. The average Bonchev–Trinajstić information content (AvgIpc) is 3.31. The number of hydrogen-bond donors (Lipinski definition) is 1. The van der Waals surface area contributed by atoms with Crippen LogP contribution in [0.4, 0.5) is 10.1 Å². The quantitative estimate of drug-likeness (QED) is 0.286. The number of halogens is 2. The zero-order valence-electron chi connectivity index (χ0n) is 16.7. The number of nitrogens with one attached hydrogen (secondary N) is 1. The number of amides is 1. The van der Waals surface area contributed by atoms with Crippen LogP contribution < -0.4 is 5.32 Å². The van der Waals surface area contributed by atoms with Gasteiger partial charge in [-0.3, -0.25) is 9.59 Å². The Bertz CT molecular complexity index is 1520. The first-order valence-electron chi connectivity index (χ1n) is 9.74. The molecule has 32 heavy (non-hydrogen) atoms. The third-order valence-electron chi connectivity index (χ3n) is 5.14. The van der Waals surface area contributed by atoms with Gasteiger partial charge in [-0.05, 0) is 55.0 Å². The van der Waals surface area contributed by atoms with Crippen LogP contribution in [0.25, 0.3) is 21.1 Å². The first kappa shape index (κ1) is 20.4. The summed E-state index contributed by atoms with van der Waals surface area (Å²) in [5, 5.41) is 4.57. The highest BCUT2D eigenvalue weighted by Gasteiger charge is 2.25. The lowest BCUT2D eigenvalue weighted by Crippen LogP contribution is -2.13. The Labute approximate surface area is 191 Å². The molecule has 5 aromatic rings. The largest absolute Gasteiger partial charge is 0.450 e. The van der Waals surface area contributed by atoms with Crippen LogP contribution >= 0.6 is 22.9 Å². The number of carbonyl (C=O) groups is 2. The molecule has 7 heteroatoms. The van der Waals surface area contributed by atoms with E-state index in [1.54, 1.807) is 24.3 Å². The molecule has 0 aliphatic carbocycles. The molecule has 0 aliphatic rings. The van der Waals surface area contributed by atoms with E-state index in [1.807, 2.05) is 25.1 Å². The Morgan fingerprint density at radius 3 is 2.53 bits per heavy atom. The van der Waals surface area contributed by atoms with Crippen molar-refractivity contribution >= 4 is 61.4 Å². The molecule has 0 atom stereocenters. The van der Waals surface area contributed by atoms with Crippen LogP contribution in [0.5, 0.6) is 0 Å². The second-order valence-corrected chi connectivity index (χ2v) is 8.77. The minimum atomic E-state index is -0.463.